The summed E-state index contributed by atoms with van der Waals surface area (Å²) in [4.78, 5) is 11.1. The zero-order valence-electron chi connectivity index (χ0n) is 17.1. The zero-order valence-corrected chi connectivity index (χ0v) is 17.1. The van der Waals surface area contributed by atoms with Crippen LogP contribution in [0.15, 0.2) is 61.7 Å². The Morgan fingerprint density at radius 3 is 2.21 bits per heavy atom. The molecule has 2 aromatic rings. The highest BCUT2D eigenvalue weighted by Gasteiger charge is 2.34. The van der Waals surface area contributed by atoms with Gasteiger partial charge in [0.05, 0.1) is 6.54 Å². The molecule has 4 nitrogen and oxygen atoms in total. The molecule has 28 heavy (non-hydrogen) atoms. The van der Waals surface area contributed by atoms with E-state index in [-0.39, 0.29) is 6.54 Å². The molecule has 0 aromatic heterocycles. The molecule has 0 aliphatic heterocycles. The van der Waals surface area contributed by atoms with Crippen LogP contribution >= 0.6 is 0 Å². The van der Waals surface area contributed by atoms with Crippen molar-refractivity contribution in [3.05, 3.63) is 78.4 Å². The second-order valence-corrected chi connectivity index (χ2v) is 7.68. The number of allylic oxidation sites excluding steroid dienone is 2. The first-order chi connectivity index (χ1) is 13.1. The highest BCUT2D eigenvalue weighted by atomic mass is 16.5. The van der Waals surface area contributed by atoms with Crippen molar-refractivity contribution in [1.82, 2.24) is 5.32 Å². The third-order valence-corrected chi connectivity index (χ3v) is 4.97. The van der Waals surface area contributed by atoms with Gasteiger partial charge in [0.1, 0.15) is 11.9 Å². The van der Waals surface area contributed by atoms with Crippen LogP contribution in [0.4, 0.5) is 4.79 Å². The Hall–Kier alpha value is -3.01. The van der Waals surface area contributed by atoms with Crippen LogP contribution in [-0.4, -0.2) is 23.8 Å². The van der Waals surface area contributed by atoms with Crippen LogP contribution in [0.3, 0.4) is 0 Å². The molecule has 0 radical (unpaired) electrons. The van der Waals surface area contributed by atoms with Gasteiger partial charge in [0.15, 0.2) is 0 Å². The highest BCUT2D eigenvalue weighted by molar-refractivity contribution is 5.65. The van der Waals surface area contributed by atoms with Gasteiger partial charge in [-0.1, -0.05) is 74.5 Å². The Bertz CT molecular complexity index is 866. The standard InChI is InChI=1S/C24H29NO3/c1-16(2)18-10-12-21(13-11-18)28-22(15-25-23(26)27)24(5,6)20-9-7-8-19(14-20)17(3)4/h7-14,22,25H,1,3,15H2,2,4-6H3,(H,26,27). The Balaban J connectivity index is 2.34. The molecule has 1 unspecified atom stereocenters. The number of benzene rings is 2. The highest BCUT2D eigenvalue weighted by Crippen LogP contribution is 2.32. The Morgan fingerprint density at radius 1 is 1.07 bits per heavy atom. The minimum atomic E-state index is -1.07. The summed E-state index contributed by atoms with van der Waals surface area (Å²) >= 11 is 0. The van der Waals surface area contributed by atoms with Gasteiger partial charge in [0, 0.05) is 5.41 Å². The van der Waals surface area contributed by atoms with Gasteiger partial charge < -0.3 is 15.2 Å². The van der Waals surface area contributed by atoms with E-state index in [9.17, 15) is 4.79 Å². The topological polar surface area (TPSA) is 58.6 Å². The van der Waals surface area contributed by atoms with E-state index in [1.165, 1.54) is 0 Å². The SMILES string of the molecule is C=C(C)c1ccc(OC(CNC(=O)O)C(C)(C)c2cccc(C(=C)C)c2)cc1. The predicted molar refractivity (Wildman–Crippen MR) is 116 cm³/mol. The Morgan fingerprint density at radius 2 is 1.68 bits per heavy atom. The third kappa shape index (κ3) is 5.26. The van der Waals surface area contributed by atoms with E-state index >= 15 is 0 Å². The van der Waals surface area contributed by atoms with E-state index in [4.69, 9.17) is 9.84 Å². The Kier molecular flexibility index (Phi) is 6.68. The molecule has 2 N–H and O–H groups in total. The molecule has 2 aromatic carbocycles. The van der Waals surface area contributed by atoms with Crippen LogP contribution in [0.5, 0.6) is 5.75 Å². The maximum Gasteiger partial charge on any atom is 0.404 e. The molecule has 1 amide bonds. The maximum atomic E-state index is 11.1. The maximum absolute atomic E-state index is 11.1. The number of ether oxygens (including phenoxy) is 1. The van der Waals surface area contributed by atoms with Gasteiger partial charge in [0.25, 0.3) is 0 Å². The van der Waals surface area contributed by atoms with E-state index in [1.807, 2.05) is 56.3 Å². The molecule has 0 saturated heterocycles. The lowest BCUT2D eigenvalue weighted by molar-refractivity contribution is 0.119. The molecular formula is C24H29NO3. The molecule has 1 atom stereocenters. The summed E-state index contributed by atoms with van der Waals surface area (Å²) < 4.78 is 6.24. The van der Waals surface area contributed by atoms with Crippen molar-refractivity contribution in [2.45, 2.75) is 39.2 Å². The molecule has 0 fully saturated rings. The molecule has 4 heteroatoms. The van der Waals surface area contributed by atoms with E-state index < -0.39 is 17.6 Å². The van der Waals surface area contributed by atoms with Crippen LogP contribution in [-0.2, 0) is 5.41 Å². The van der Waals surface area contributed by atoms with Crippen molar-refractivity contribution in [3.63, 3.8) is 0 Å². The van der Waals surface area contributed by atoms with Crippen LogP contribution in [0.25, 0.3) is 11.1 Å². The van der Waals surface area contributed by atoms with Crippen LogP contribution in [0, 0.1) is 0 Å². The number of carboxylic acid groups (broad SMARTS) is 1. The van der Waals surface area contributed by atoms with Gasteiger partial charge in [-0.2, -0.15) is 0 Å². The first kappa shape index (κ1) is 21.3. The summed E-state index contributed by atoms with van der Waals surface area (Å²) in [5, 5.41) is 11.6. The van der Waals surface area contributed by atoms with E-state index in [1.54, 1.807) is 0 Å². The van der Waals surface area contributed by atoms with Crippen LogP contribution in [0.2, 0.25) is 0 Å². The summed E-state index contributed by atoms with van der Waals surface area (Å²) in [5.74, 6) is 0.686. The first-order valence-electron chi connectivity index (χ1n) is 9.27. The van der Waals surface area contributed by atoms with Gasteiger partial charge in [-0.25, -0.2) is 4.79 Å². The zero-order chi connectivity index (χ0) is 20.9. The lowest BCUT2D eigenvalue weighted by atomic mass is 9.78. The number of hydrogen-bond acceptors (Lipinski definition) is 2. The van der Waals surface area contributed by atoms with Crippen molar-refractivity contribution < 1.29 is 14.6 Å². The van der Waals surface area contributed by atoms with Gasteiger partial charge in [0.2, 0.25) is 0 Å². The predicted octanol–water partition coefficient (Wildman–Crippen LogP) is 5.75. The normalized spacial score (nSPS) is 12.1. The second kappa shape index (κ2) is 8.79. The molecule has 0 aliphatic rings. The average molecular weight is 380 g/mol. The molecule has 0 spiro atoms. The fourth-order valence-corrected chi connectivity index (χ4v) is 2.98. The summed E-state index contributed by atoms with van der Waals surface area (Å²) in [7, 11) is 0. The minimum Gasteiger partial charge on any atom is -0.488 e. The average Bonchev–Trinajstić information content (AvgIpc) is 2.65. The van der Waals surface area contributed by atoms with Crippen LogP contribution < -0.4 is 10.1 Å². The van der Waals surface area contributed by atoms with Crippen LogP contribution in [0.1, 0.15) is 44.4 Å². The van der Waals surface area contributed by atoms with Crippen molar-refractivity contribution in [1.29, 1.82) is 0 Å². The number of nitrogens with one attached hydrogen (secondary N) is 1. The van der Waals surface area contributed by atoms with Gasteiger partial charge >= 0.3 is 6.09 Å². The summed E-state index contributed by atoms with van der Waals surface area (Å²) in [5.41, 5.74) is 4.67. The molecule has 0 aliphatic carbocycles. The van der Waals surface area contributed by atoms with E-state index in [2.05, 4.69) is 38.4 Å². The van der Waals surface area contributed by atoms with Gasteiger partial charge in [-0.05, 0) is 42.7 Å². The third-order valence-electron chi connectivity index (χ3n) is 4.97. The number of carbonyl (C=O) groups is 1. The molecule has 0 saturated carbocycles. The first-order valence-corrected chi connectivity index (χ1v) is 9.27. The van der Waals surface area contributed by atoms with E-state index in [0.717, 1.165) is 27.8 Å². The van der Waals surface area contributed by atoms with E-state index in [0.29, 0.717) is 5.75 Å². The van der Waals surface area contributed by atoms with Gasteiger partial charge in [-0.15, -0.1) is 0 Å². The minimum absolute atomic E-state index is 0.169. The quantitative estimate of drug-likeness (QED) is 0.614. The lowest BCUT2D eigenvalue weighted by Crippen LogP contribution is -2.46. The molecule has 2 rings (SSSR count). The smallest absolute Gasteiger partial charge is 0.404 e. The lowest BCUT2D eigenvalue weighted by Gasteiger charge is -2.35. The number of amides is 1. The van der Waals surface area contributed by atoms with Crippen molar-refractivity contribution in [2.24, 2.45) is 0 Å². The summed E-state index contributed by atoms with van der Waals surface area (Å²) in [6, 6.07) is 15.8. The Labute approximate surface area is 167 Å². The molecule has 0 heterocycles. The largest absolute Gasteiger partial charge is 0.488 e. The molecular weight excluding hydrogens is 350 g/mol. The molecule has 148 valence electrons. The fraction of sp³-hybridized carbons (Fsp3) is 0.292. The summed E-state index contributed by atoms with van der Waals surface area (Å²) in [6.45, 7) is 16.2. The number of hydrogen-bond donors (Lipinski definition) is 2. The fourth-order valence-electron chi connectivity index (χ4n) is 2.98. The monoisotopic (exact) mass is 379 g/mol. The van der Waals surface area contributed by atoms with Crippen molar-refractivity contribution in [2.75, 3.05) is 6.54 Å². The van der Waals surface area contributed by atoms with Gasteiger partial charge in [-0.3, -0.25) is 0 Å². The van der Waals surface area contributed by atoms with Crippen molar-refractivity contribution >= 4 is 17.2 Å². The molecule has 0 bridgehead atoms. The summed E-state index contributed by atoms with van der Waals surface area (Å²) in [6.07, 6.45) is -1.47. The number of rotatable bonds is 8. The van der Waals surface area contributed by atoms with Crippen molar-refractivity contribution in [3.8, 4) is 5.75 Å². The second-order valence-electron chi connectivity index (χ2n) is 7.68.